The Hall–Kier alpha value is -1.55. The summed E-state index contributed by atoms with van der Waals surface area (Å²) in [6.45, 7) is 0. The van der Waals surface area contributed by atoms with Gasteiger partial charge in [-0.05, 0) is 17.7 Å². The third-order valence-corrected chi connectivity index (χ3v) is 2.98. The van der Waals surface area contributed by atoms with Gasteiger partial charge in [-0.25, -0.2) is 0 Å². The number of hydrogen-bond acceptors (Lipinski definition) is 3. The van der Waals surface area contributed by atoms with Crippen LogP contribution in [0.3, 0.4) is 0 Å². The minimum Gasteiger partial charge on any atom is -0.481 e. The van der Waals surface area contributed by atoms with E-state index in [0.29, 0.717) is 17.2 Å². The van der Waals surface area contributed by atoms with Crippen molar-refractivity contribution in [3.05, 3.63) is 34.3 Å². The molecule has 1 aromatic rings. The molecule has 2 N–H and O–H groups in total. The molecule has 1 atom stereocenters. The summed E-state index contributed by atoms with van der Waals surface area (Å²) < 4.78 is 0. The zero-order valence-electron chi connectivity index (χ0n) is 8.35. The maximum atomic E-state index is 10.7. The van der Waals surface area contributed by atoms with Gasteiger partial charge in [0.15, 0.2) is 0 Å². The fraction of sp³-hybridized carbons (Fsp3) is 0.273. The molecular formula is C11H10ClNO3. The molecule has 0 spiro atoms. The lowest BCUT2D eigenvalue weighted by molar-refractivity contribution is -0.137. The van der Waals surface area contributed by atoms with Crippen molar-refractivity contribution in [3.8, 4) is 0 Å². The predicted molar refractivity (Wildman–Crippen MR) is 59.4 cm³/mol. The summed E-state index contributed by atoms with van der Waals surface area (Å²) in [7, 11) is 0. The lowest BCUT2D eigenvalue weighted by atomic mass is 9.98. The van der Waals surface area contributed by atoms with Crippen molar-refractivity contribution in [3.63, 3.8) is 0 Å². The van der Waals surface area contributed by atoms with Crippen molar-refractivity contribution in [1.82, 2.24) is 0 Å². The standard InChI is InChI=1S/C11H10ClNO3/c12-7-1-2-8-6(4-11(14)15)3-10(13-16)9(8)5-7/h1-2,5-6,16H,3-4H2,(H,14,15)/b13-10-. The van der Waals surface area contributed by atoms with Gasteiger partial charge >= 0.3 is 5.97 Å². The molecule has 0 bridgehead atoms. The molecule has 0 amide bonds. The zero-order valence-corrected chi connectivity index (χ0v) is 9.11. The number of oxime groups is 1. The van der Waals surface area contributed by atoms with Gasteiger partial charge in [0.25, 0.3) is 0 Å². The van der Waals surface area contributed by atoms with Crippen molar-refractivity contribution in [1.29, 1.82) is 0 Å². The topological polar surface area (TPSA) is 69.9 Å². The number of aliphatic carboxylic acids is 1. The van der Waals surface area contributed by atoms with Crippen LogP contribution < -0.4 is 0 Å². The molecule has 0 aromatic heterocycles. The fourth-order valence-electron chi connectivity index (χ4n) is 2.08. The van der Waals surface area contributed by atoms with Crippen LogP contribution in [0.1, 0.15) is 29.9 Å². The lowest BCUT2D eigenvalue weighted by Gasteiger charge is -2.06. The van der Waals surface area contributed by atoms with Gasteiger partial charge in [0, 0.05) is 22.9 Å². The molecule has 1 aromatic carbocycles. The highest BCUT2D eigenvalue weighted by molar-refractivity contribution is 6.31. The zero-order chi connectivity index (χ0) is 11.7. The minimum atomic E-state index is -0.856. The van der Waals surface area contributed by atoms with E-state index in [-0.39, 0.29) is 12.3 Å². The van der Waals surface area contributed by atoms with Crippen LogP contribution in [0.2, 0.25) is 5.02 Å². The molecule has 1 aliphatic rings. The van der Waals surface area contributed by atoms with Gasteiger partial charge in [0.1, 0.15) is 0 Å². The lowest BCUT2D eigenvalue weighted by Crippen LogP contribution is -2.03. The number of halogens is 1. The summed E-state index contributed by atoms with van der Waals surface area (Å²) in [6.07, 6.45) is 0.478. The molecule has 4 nitrogen and oxygen atoms in total. The van der Waals surface area contributed by atoms with E-state index in [1.807, 2.05) is 0 Å². The maximum Gasteiger partial charge on any atom is 0.303 e. The quantitative estimate of drug-likeness (QED) is 0.615. The van der Waals surface area contributed by atoms with E-state index in [1.54, 1.807) is 18.2 Å². The number of rotatable bonds is 2. The molecule has 0 saturated carbocycles. The summed E-state index contributed by atoms with van der Waals surface area (Å²) in [6, 6.07) is 5.22. The van der Waals surface area contributed by atoms with E-state index < -0.39 is 5.97 Å². The van der Waals surface area contributed by atoms with Gasteiger partial charge in [-0.15, -0.1) is 0 Å². The van der Waals surface area contributed by atoms with Gasteiger partial charge in [0.05, 0.1) is 12.1 Å². The SMILES string of the molecule is O=C(O)CC1C/C(=N/O)c2cc(Cl)ccc21. The largest absolute Gasteiger partial charge is 0.481 e. The number of hydrogen-bond donors (Lipinski definition) is 2. The van der Waals surface area contributed by atoms with Gasteiger partial charge < -0.3 is 10.3 Å². The molecule has 0 aliphatic heterocycles. The molecule has 5 heteroatoms. The van der Waals surface area contributed by atoms with E-state index in [4.69, 9.17) is 21.9 Å². The number of benzene rings is 1. The van der Waals surface area contributed by atoms with Crippen LogP contribution in [0.25, 0.3) is 0 Å². The van der Waals surface area contributed by atoms with Crippen LogP contribution >= 0.6 is 11.6 Å². The Morgan fingerprint density at radius 3 is 2.94 bits per heavy atom. The highest BCUT2D eigenvalue weighted by Crippen LogP contribution is 2.37. The normalized spacial score (nSPS) is 21.1. The highest BCUT2D eigenvalue weighted by Gasteiger charge is 2.29. The fourth-order valence-corrected chi connectivity index (χ4v) is 2.25. The van der Waals surface area contributed by atoms with Crippen molar-refractivity contribution >= 4 is 23.3 Å². The minimum absolute atomic E-state index is 0.0354. The Balaban J connectivity index is 2.42. The number of carbonyl (C=O) groups is 1. The molecule has 0 radical (unpaired) electrons. The third-order valence-electron chi connectivity index (χ3n) is 2.75. The number of fused-ring (bicyclic) bond motifs is 1. The monoisotopic (exact) mass is 239 g/mol. The van der Waals surface area contributed by atoms with Crippen LogP contribution in [-0.2, 0) is 4.79 Å². The smallest absolute Gasteiger partial charge is 0.303 e. The average molecular weight is 240 g/mol. The van der Waals surface area contributed by atoms with Crippen LogP contribution in [0, 0.1) is 0 Å². The molecule has 1 aliphatic carbocycles. The van der Waals surface area contributed by atoms with Crippen molar-refractivity contribution < 1.29 is 15.1 Å². The first-order chi connectivity index (χ1) is 7.61. The predicted octanol–water partition coefficient (Wildman–Crippen LogP) is 2.48. The highest BCUT2D eigenvalue weighted by atomic mass is 35.5. The number of carboxylic acid groups (broad SMARTS) is 1. The second-order valence-corrected chi connectivity index (χ2v) is 4.21. The Labute approximate surface area is 97.2 Å². The first-order valence-corrected chi connectivity index (χ1v) is 5.22. The van der Waals surface area contributed by atoms with Crippen molar-refractivity contribution in [2.24, 2.45) is 5.16 Å². The van der Waals surface area contributed by atoms with Gasteiger partial charge in [-0.1, -0.05) is 22.8 Å². The summed E-state index contributed by atoms with van der Waals surface area (Å²) >= 11 is 5.85. The van der Waals surface area contributed by atoms with E-state index in [9.17, 15) is 4.79 Å². The van der Waals surface area contributed by atoms with Crippen LogP contribution in [0.5, 0.6) is 0 Å². The van der Waals surface area contributed by atoms with Gasteiger partial charge in [0.2, 0.25) is 0 Å². The molecular weight excluding hydrogens is 230 g/mol. The van der Waals surface area contributed by atoms with E-state index in [2.05, 4.69) is 5.16 Å². The number of carboxylic acids is 1. The van der Waals surface area contributed by atoms with E-state index in [0.717, 1.165) is 11.1 Å². The molecule has 84 valence electrons. The van der Waals surface area contributed by atoms with Crippen molar-refractivity contribution in [2.75, 3.05) is 0 Å². The van der Waals surface area contributed by atoms with Crippen LogP contribution in [-0.4, -0.2) is 22.0 Å². The third kappa shape index (κ3) is 1.88. The molecule has 16 heavy (non-hydrogen) atoms. The van der Waals surface area contributed by atoms with E-state index >= 15 is 0 Å². The average Bonchev–Trinajstić information content (AvgIpc) is 2.55. The Bertz CT molecular complexity index is 470. The first kappa shape index (κ1) is 11.0. The van der Waals surface area contributed by atoms with Crippen LogP contribution in [0.15, 0.2) is 23.4 Å². The molecule has 0 fully saturated rings. The second kappa shape index (κ2) is 4.14. The molecule has 1 unspecified atom stereocenters. The van der Waals surface area contributed by atoms with Gasteiger partial charge in [-0.2, -0.15) is 0 Å². The first-order valence-electron chi connectivity index (χ1n) is 4.84. The van der Waals surface area contributed by atoms with Gasteiger partial charge in [-0.3, -0.25) is 4.79 Å². The molecule has 0 heterocycles. The Morgan fingerprint density at radius 2 is 2.31 bits per heavy atom. The Morgan fingerprint density at radius 1 is 1.56 bits per heavy atom. The maximum absolute atomic E-state index is 10.7. The Kier molecular flexibility index (Phi) is 2.83. The summed E-state index contributed by atoms with van der Waals surface area (Å²) in [5, 5.41) is 21.4. The second-order valence-electron chi connectivity index (χ2n) is 3.78. The van der Waals surface area contributed by atoms with E-state index in [1.165, 1.54) is 0 Å². The summed E-state index contributed by atoms with van der Waals surface area (Å²) in [5.41, 5.74) is 2.14. The number of nitrogens with zero attached hydrogens (tertiary/aromatic N) is 1. The summed E-state index contributed by atoms with van der Waals surface area (Å²) in [5.74, 6) is -0.985. The molecule has 0 saturated heterocycles. The molecule has 2 rings (SSSR count). The van der Waals surface area contributed by atoms with Crippen LogP contribution in [0.4, 0.5) is 0 Å². The van der Waals surface area contributed by atoms with Crippen molar-refractivity contribution in [2.45, 2.75) is 18.8 Å². The summed E-state index contributed by atoms with van der Waals surface area (Å²) in [4.78, 5) is 10.7.